The molecule has 0 aliphatic carbocycles. The number of ether oxygens (including phenoxy) is 2. The lowest BCUT2D eigenvalue weighted by Gasteiger charge is -2.06. The van der Waals surface area contributed by atoms with Crippen LogP contribution in [0.25, 0.3) is 0 Å². The van der Waals surface area contributed by atoms with Gasteiger partial charge in [0.15, 0.2) is 0 Å². The van der Waals surface area contributed by atoms with Crippen molar-refractivity contribution in [3.8, 4) is 11.9 Å². The Morgan fingerprint density at radius 2 is 2.29 bits per heavy atom. The van der Waals surface area contributed by atoms with E-state index in [-0.39, 0.29) is 0 Å². The van der Waals surface area contributed by atoms with Crippen molar-refractivity contribution in [2.75, 3.05) is 20.3 Å². The number of nitriles is 1. The smallest absolute Gasteiger partial charge is 0.231 e. The number of nitrogens with zero attached hydrogens (tertiary/aromatic N) is 2. The SMILES string of the molecule is COCCOc1nccc(C)c1C#N. The molecule has 1 aromatic heterocycles. The molecule has 0 aliphatic rings. The number of aromatic nitrogens is 1. The van der Waals surface area contributed by atoms with Crippen molar-refractivity contribution in [3.63, 3.8) is 0 Å². The highest BCUT2D eigenvalue weighted by atomic mass is 16.5. The molecule has 0 fully saturated rings. The van der Waals surface area contributed by atoms with E-state index in [1.54, 1.807) is 19.4 Å². The summed E-state index contributed by atoms with van der Waals surface area (Å²) in [5, 5.41) is 8.85. The molecule has 0 N–H and O–H groups in total. The van der Waals surface area contributed by atoms with Gasteiger partial charge in [-0.05, 0) is 18.6 Å². The zero-order valence-electron chi connectivity index (χ0n) is 8.28. The van der Waals surface area contributed by atoms with E-state index in [2.05, 4.69) is 11.1 Å². The van der Waals surface area contributed by atoms with Gasteiger partial charge in [-0.1, -0.05) is 0 Å². The number of rotatable bonds is 4. The normalized spacial score (nSPS) is 9.50. The van der Waals surface area contributed by atoms with Gasteiger partial charge in [0, 0.05) is 13.3 Å². The summed E-state index contributed by atoms with van der Waals surface area (Å²) in [6, 6.07) is 3.84. The maximum absolute atomic E-state index is 8.85. The van der Waals surface area contributed by atoms with Crippen LogP contribution >= 0.6 is 0 Å². The number of methoxy groups -OCH3 is 1. The van der Waals surface area contributed by atoms with Gasteiger partial charge in [-0.25, -0.2) is 4.98 Å². The predicted octanol–water partition coefficient (Wildman–Crippen LogP) is 1.29. The summed E-state index contributed by atoms with van der Waals surface area (Å²) >= 11 is 0. The number of hydrogen-bond acceptors (Lipinski definition) is 4. The standard InChI is InChI=1S/C10H12N2O2/c1-8-3-4-12-10(9(8)7-11)14-6-5-13-2/h3-4H,5-6H2,1-2H3. The topological polar surface area (TPSA) is 55.1 Å². The Labute approximate surface area is 83.1 Å². The van der Waals surface area contributed by atoms with Crippen LogP contribution in [-0.2, 0) is 4.74 Å². The van der Waals surface area contributed by atoms with Crippen LogP contribution in [0, 0.1) is 18.3 Å². The van der Waals surface area contributed by atoms with Crippen LogP contribution in [0.1, 0.15) is 11.1 Å². The van der Waals surface area contributed by atoms with E-state index in [9.17, 15) is 0 Å². The molecule has 0 aromatic carbocycles. The van der Waals surface area contributed by atoms with Gasteiger partial charge in [0.05, 0.1) is 6.61 Å². The Bertz CT molecular complexity index is 344. The van der Waals surface area contributed by atoms with E-state index in [4.69, 9.17) is 14.7 Å². The fourth-order valence-electron chi connectivity index (χ4n) is 1.00. The summed E-state index contributed by atoms with van der Waals surface area (Å²) < 4.78 is 10.1. The third kappa shape index (κ3) is 2.44. The van der Waals surface area contributed by atoms with Crippen molar-refractivity contribution in [3.05, 3.63) is 23.4 Å². The molecule has 1 aromatic rings. The lowest BCUT2D eigenvalue weighted by Crippen LogP contribution is -2.07. The van der Waals surface area contributed by atoms with Crippen LogP contribution in [0.15, 0.2) is 12.3 Å². The lowest BCUT2D eigenvalue weighted by molar-refractivity contribution is 0.143. The number of hydrogen-bond donors (Lipinski definition) is 0. The maximum Gasteiger partial charge on any atom is 0.231 e. The zero-order valence-corrected chi connectivity index (χ0v) is 8.28. The Hall–Kier alpha value is -1.60. The minimum Gasteiger partial charge on any atom is -0.474 e. The first-order valence-electron chi connectivity index (χ1n) is 4.27. The molecule has 0 saturated carbocycles. The van der Waals surface area contributed by atoms with Crippen molar-refractivity contribution in [1.82, 2.24) is 4.98 Å². The van der Waals surface area contributed by atoms with Crippen LogP contribution in [0.3, 0.4) is 0 Å². The Morgan fingerprint density at radius 1 is 1.50 bits per heavy atom. The van der Waals surface area contributed by atoms with E-state index in [1.165, 1.54) is 0 Å². The monoisotopic (exact) mass is 192 g/mol. The summed E-state index contributed by atoms with van der Waals surface area (Å²) in [5.74, 6) is 0.379. The molecule has 0 amide bonds. The second-order valence-electron chi connectivity index (χ2n) is 2.76. The van der Waals surface area contributed by atoms with Crippen molar-refractivity contribution >= 4 is 0 Å². The van der Waals surface area contributed by atoms with Gasteiger partial charge in [-0.3, -0.25) is 0 Å². The van der Waals surface area contributed by atoms with E-state index in [1.807, 2.05) is 6.92 Å². The molecule has 4 nitrogen and oxygen atoms in total. The summed E-state index contributed by atoms with van der Waals surface area (Å²) in [6.07, 6.45) is 1.62. The third-order valence-electron chi connectivity index (χ3n) is 1.76. The van der Waals surface area contributed by atoms with E-state index in [0.717, 1.165) is 5.56 Å². The molecule has 74 valence electrons. The fourth-order valence-corrected chi connectivity index (χ4v) is 1.00. The first-order chi connectivity index (χ1) is 6.79. The molecule has 1 rings (SSSR count). The van der Waals surface area contributed by atoms with E-state index < -0.39 is 0 Å². The lowest BCUT2D eigenvalue weighted by atomic mass is 10.2. The quantitative estimate of drug-likeness (QED) is 0.674. The molecule has 4 heteroatoms. The highest BCUT2D eigenvalue weighted by Gasteiger charge is 2.06. The predicted molar refractivity (Wildman–Crippen MR) is 51.1 cm³/mol. The van der Waals surface area contributed by atoms with Crippen LogP contribution in [0.2, 0.25) is 0 Å². The Kier molecular flexibility index (Phi) is 3.89. The zero-order chi connectivity index (χ0) is 10.4. The van der Waals surface area contributed by atoms with Gasteiger partial charge in [0.25, 0.3) is 0 Å². The summed E-state index contributed by atoms with van der Waals surface area (Å²) in [5.41, 5.74) is 1.36. The Morgan fingerprint density at radius 3 is 2.93 bits per heavy atom. The largest absolute Gasteiger partial charge is 0.474 e. The van der Waals surface area contributed by atoms with Crippen molar-refractivity contribution in [1.29, 1.82) is 5.26 Å². The fraction of sp³-hybridized carbons (Fsp3) is 0.400. The highest BCUT2D eigenvalue weighted by Crippen LogP contribution is 2.17. The third-order valence-corrected chi connectivity index (χ3v) is 1.76. The minimum atomic E-state index is 0.379. The Balaban J connectivity index is 2.76. The molecular formula is C10H12N2O2. The van der Waals surface area contributed by atoms with Crippen molar-refractivity contribution in [2.45, 2.75) is 6.92 Å². The maximum atomic E-state index is 8.85. The molecule has 14 heavy (non-hydrogen) atoms. The highest BCUT2D eigenvalue weighted by molar-refractivity contribution is 5.43. The molecule has 0 aliphatic heterocycles. The molecular weight excluding hydrogens is 180 g/mol. The first kappa shape index (κ1) is 10.5. The second kappa shape index (κ2) is 5.20. The first-order valence-corrected chi connectivity index (χ1v) is 4.27. The van der Waals surface area contributed by atoms with Gasteiger partial charge < -0.3 is 9.47 Å². The molecule has 0 bridgehead atoms. The van der Waals surface area contributed by atoms with Crippen molar-refractivity contribution in [2.24, 2.45) is 0 Å². The second-order valence-corrected chi connectivity index (χ2v) is 2.76. The average Bonchev–Trinajstić information content (AvgIpc) is 2.18. The van der Waals surface area contributed by atoms with Crippen LogP contribution < -0.4 is 4.74 Å². The summed E-state index contributed by atoms with van der Waals surface area (Å²) in [7, 11) is 1.60. The van der Waals surface area contributed by atoms with E-state index in [0.29, 0.717) is 24.7 Å². The summed E-state index contributed by atoms with van der Waals surface area (Å²) in [6.45, 7) is 2.74. The van der Waals surface area contributed by atoms with Crippen LogP contribution in [0.4, 0.5) is 0 Å². The molecule has 1 heterocycles. The average molecular weight is 192 g/mol. The van der Waals surface area contributed by atoms with Gasteiger partial charge in [0.2, 0.25) is 5.88 Å². The van der Waals surface area contributed by atoms with Crippen LogP contribution in [-0.4, -0.2) is 25.3 Å². The molecule has 0 atom stereocenters. The van der Waals surface area contributed by atoms with Crippen molar-refractivity contribution < 1.29 is 9.47 Å². The number of aryl methyl sites for hydroxylation is 1. The molecule has 0 saturated heterocycles. The van der Waals surface area contributed by atoms with Gasteiger partial charge in [-0.15, -0.1) is 0 Å². The van der Waals surface area contributed by atoms with Gasteiger partial charge in [-0.2, -0.15) is 5.26 Å². The van der Waals surface area contributed by atoms with E-state index >= 15 is 0 Å². The minimum absolute atomic E-state index is 0.379. The molecule has 0 spiro atoms. The van der Waals surface area contributed by atoms with Crippen LogP contribution in [0.5, 0.6) is 5.88 Å². The van der Waals surface area contributed by atoms with Gasteiger partial charge >= 0.3 is 0 Å². The number of pyridine rings is 1. The molecule has 0 unspecified atom stereocenters. The van der Waals surface area contributed by atoms with Gasteiger partial charge in [0.1, 0.15) is 18.2 Å². The molecule has 0 radical (unpaired) electrons. The summed E-state index contributed by atoms with van der Waals surface area (Å²) in [4.78, 5) is 3.98.